The van der Waals surface area contributed by atoms with E-state index >= 15 is 0 Å². The van der Waals surface area contributed by atoms with Crippen LogP contribution >= 0.6 is 0 Å². The lowest BCUT2D eigenvalue weighted by molar-refractivity contribution is 0.242. The van der Waals surface area contributed by atoms with Gasteiger partial charge in [0.25, 0.3) is 0 Å². The first kappa shape index (κ1) is 14.7. The monoisotopic (exact) mass is 272 g/mol. The van der Waals surface area contributed by atoms with Gasteiger partial charge in [-0.15, -0.1) is 0 Å². The first-order valence-electron chi connectivity index (χ1n) is 7.08. The van der Waals surface area contributed by atoms with Crippen molar-refractivity contribution in [3.8, 4) is 5.75 Å². The summed E-state index contributed by atoms with van der Waals surface area (Å²) in [5.74, 6) is 2.41. The van der Waals surface area contributed by atoms with E-state index in [9.17, 15) is 0 Å². The van der Waals surface area contributed by atoms with Crippen molar-refractivity contribution in [1.29, 1.82) is 0 Å². The molecule has 1 aliphatic rings. The minimum absolute atomic E-state index is 0.0241. The van der Waals surface area contributed by atoms with Crippen molar-refractivity contribution >= 4 is 0 Å². The van der Waals surface area contributed by atoms with Gasteiger partial charge in [0.05, 0.1) is 20.0 Å². The molecule has 0 saturated carbocycles. The van der Waals surface area contributed by atoms with E-state index in [1.54, 1.807) is 14.2 Å². The van der Waals surface area contributed by atoms with Gasteiger partial charge in [-0.25, -0.2) is 0 Å². The average Bonchev–Trinajstić information content (AvgIpc) is 2.47. The van der Waals surface area contributed by atoms with Crippen LogP contribution in [-0.2, 0) is 10.2 Å². The summed E-state index contributed by atoms with van der Waals surface area (Å²) in [6, 6.07) is 8.36. The van der Waals surface area contributed by atoms with Gasteiger partial charge < -0.3 is 9.47 Å². The highest BCUT2D eigenvalue weighted by atomic mass is 16.5. The minimum Gasteiger partial charge on any atom is -0.501 e. The van der Waals surface area contributed by atoms with E-state index in [1.165, 1.54) is 11.1 Å². The third-order valence-corrected chi connectivity index (χ3v) is 4.31. The number of ether oxygens (including phenoxy) is 2. The van der Waals surface area contributed by atoms with E-state index in [0.717, 1.165) is 17.9 Å². The Bertz CT molecular complexity index is 521. The Morgan fingerprint density at radius 1 is 1.00 bits per heavy atom. The van der Waals surface area contributed by atoms with Crippen LogP contribution in [0.25, 0.3) is 0 Å². The highest BCUT2D eigenvalue weighted by molar-refractivity contribution is 5.41. The summed E-state index contributed by atoms with van der Waals surface area (Å²) in [6.07, 6.45) is 5.36. The quantitative estimate of drug-likeness (QED) is 0.805. The second kappa shape index (κ2) is 5.74. The molecule has 0 aromatic heterocycles. The zero-order chi connectivity index (χ0) is 14.8. The number of allylic oxidation sites excluding steroid dienone is 4. The van der Waals surface area contributed by atoms with Crippen molar-refractivity contribution in [3.05, 3.63) is 53.3 Å². The summed E-state index contributed by atoms with van der Waals surface area (Å²) >= 11 is 0. The molecular formula is C18H24O2. The Labute approximate surface area is 122 Å². The summed E-state index contributed by atoms with van der Waals surface area (Å²) in [4.78, 5) is 0. The molecule has 0 N–H and O–H groups in total. The van der Waals surface area contributed by atoms with Gasteiger partial charge in [0.15, 0.2) is 0 Å². The van der Waals surface area contributed by atoms with E-state index in [2.05, 4.69) is 45.1 Å². The Kier molecular flexibility index (Phi) is 4.22. The molecule has 0 saturated heterocycles. The summed E-state index contributed by atoms with van der Waals surface area (Å²) in [5, 5.41) is 0. The number of benzene rings is 1. The molecule has 0 bridgehead atoms. The molecule has 0 spiro atoms. The molecule has 2 rings (SSSR count). The van der Waals surface area contributed by atoms with Crippen molar-refractivity contribution in [1.82, 2.24) is 0 Å². The Morgan fingerprint density at radius 3 is 2.15 bits per heavy atom. The molecule has 0 amide bonds. The third-order valence-electron chi connectivity index (χ3n) is 4.31. The summed E-state index contributed by atoms with van der Waals surface area (Å²) in [5.41, 5.74) is 2.78. The molecule has 0 aliphatic heterocycles. The molecular weight excluding hydrogens is 248 g/mol. The molecule has 1 unspecified atom stereocenters. The van der Waals surface area contributed by atoms with Crippen LogP contribution in [0.15, 0.2) is 47.7 Å². The second-order valence-corrected chi connectivity index (χ2v) is 5.92. The van der Waals surface area contributed by atoms with Gasteiger partial charge in [0, 0.05) is 11.3 Å². The smallest absolute Gasteiger partial charge is 0.118 e. The first-order chi connectivity index (χ1) is 9.48. The largest absolute Gasteiger partial charge is 0.501 e. The summed E-state index contributed by atoms with van der Waals surface area (Å²) in [7, 11) is 3.44. The van der Waals surface area contributed by atoms with Crippen LogP contribution in [0, 0.1) is 5.92 Å². The fraction of sp³-hybridized carbons (Fsp3) is 0.444. The van der Waals surface area contributed by atoms with Gasteiger partial charge in [-0.3, -0.25) is 0 Å². The first-order valence-corrected chi connectivity index (χ1v) is 7.08. The zero-order valence-corrected chi connectivity index (χ0v) is 13.1. The highest BCUT2D eigenvalue weighted by Crippen LogP contribution is 2.39. The number of hydrogen-bond acceptors (Lipinski definition) is 2. The van der Waals surface area contributed by atoms with E-state index in [0.29, 0.717) is 5.92 Å². The molecule has 1 aliphatic carbocycles. The average molecular weight is 272 g/mol. The normalized spacial score (nSPS) is 19.1. The lowest BCUT2D eigenvalue weighted by Gasteiger charge is -2.33. The molecule has 108 valence electrons. The van der Waals surface area contributed by atoms with Gasteiger partial charge in [-0.05, 0) is 30.2 Å². The fourth-order valence-electron chi connectivity index (χ4n) is 2.77. The van der Waals surface area contributed by atoms with Crippen molar-refractivity contribution < 1.29 is 9.47 Å². The van der Waals surface area contributed by atoms with E-state index in [-0.39, 0.29) is 5.41 Å². The molecule has 1 atom stereocenters. The molecule has 2 nitrogen and oxygen atoms in total. The molecule has 0 radical (unpaired) electrons. The van der Waals surface area contributed by atoms with Crippen LogP contribution in [0.5, 0.6) is 5.75 Å². The van der Waals surface area contributed by atoms with Gasteiger partial charge in [-0.1, -0.05) is 44.6 Å². The van der Waals surface area contributed by atoms with Crippen molar-refractivity contribution in [3.63, 3.8) is 0 Å². The SMILES string of the molecule is COC1=CC=C(C(C)(C)c2ccc(OC)cc2)CC1C. The number of methoxy groups -OCH3 is 2. The molecule has 20 heavy (non-hydrogen) atoms. The van der Waals surface area contributed by atoms with Crippen LogP contribution in [-0.4, -0.2) is 14.2 Å². The zero-order valence-electron chi connectivity index (χ0n) is 13.1. The second-order valence-electron chi connectivity index (χ2n) is 5.92. The number of hydrogen-bond donors (Lipinski definition) is 0. The van der Waals surface area contributed by atoms with Crippen LogP contribution in [0.3, 0.4) is 0 Å². The van der Waals surface area contributed by atoms with Gasteiger partial charge in [0.2, 0.25) is 0 Å². The number of rotatable bonds is 4. The van der Waals surface area contributed by atoms with Gasteiger partial charge in [0.1, 0.15) is 5.75 Å². The van der Waals surface area contributed by atoms with Gasteiger partial charge >= 0.3 is 0 Å². The Morgan fingerprint density at radius 2 is 1.65 bits per heavy atom. The topological polar surface area (TPSA) is 18.5 Å². The summed E-state index contributed by atoms with van der Waals surface area (Å²) in [6.45, 7) is 6.77. The van der Waals surface area contributed by atoms with Crippen molar-refractivity contribution in [2.24, 2.45) is 5.92 Å². The van der Waals surface area contributed by atoms with Crippen LogP contribution in [0.1, 0.15) is 32.8 Å². The molecule has 1 aromatic carbocycles. The molecule has 0 fully saturated rings. The van der Waals surface area contributed by atoms with E-state index in [4.69, 9.17) is 9.47 Å². The molecule has 0 heterocycles. The predicted molar refractivity (Wildman–Crippen MR) is 83.0 cm³/mol. The molecule has 2 heteroatoms. The predicted octanol–water partition coefficient (Wildman–Crippen LogP) is 4.47. The van der Waals surface area contributed by atoms with Crippen LogP contribution in [0.4, 0.5) is 0 Å². The standard InChI is InChI=1S/C18H24O2/c1-13-12-15(8-11-17(13)20-5)18(2,3)14-6-9-16(19-4)10-7-14/h6-11,13H,12H2,1-5H3. The van der Waals surface area contributed by atoms with Crippen molar-refractivity contribution in [2.45, 2.75) is 32.6 Å². The fourth-order valence-corrected chi connectivity index (χ4v) is 2.77. The summed E-state index contributed by atoms with van der Waals surface area (Å²) < 4.78 is 10.6. The minimum atomic E-state index is 0.0241. The van der Waals surface area contributed by atoms with Crippen LogP contribution in [0.2, 0.25) is 0 Å². The maximum atomic E-state index is 5.40. The van der Waals surface area contributed by atoms with Crippen LogP contribution < -0.4 is 4.74 Å². The maximum Gasteiger partial charge on any atom is 0.118 e. The van der Waals surface area contributed by atoms with Crippen molar-refractivity contribution in [2.75, 3.05) is 14.2 Å². The van der Waals surface area contributed by atoms with Gasteiger partial charge in [-0.2, -0.15) is 0 Å². The Balaban J connectivity index is 2.30. The Hall–Kier alpha value is -1.70. The lowest BCUT2D eigenvalue weighted by atomic mass is 9.73. The maximum absolute atomic E-state index is 5.40. The van der Waals surface area contributed by atoms with E-state index in [1.807, 2.05) is 12.1 Å². The van der Waals surface area contributed by atoms with E-state index < -0.39 is 0 Å². The third kappa shape index (κ3) is 2.74. The molecule has 1 aromatic rings. The lowest BCUT2D eigenvalue weighted by Crippen LogP contribution is -2.24. The highest BCUT2D eigenvalue weighted by Gasteiger charge is 2.29.